The van der Waals surface area contributed by atoms with E-state index in [0.717, 1.165) is 31.9 Å². The highest BCUT2D eigenvalue weighted by molar-refractivity contribution is 5.86. The number of carbonyl (C=O) groups excluding carboxylic acids is 4. The molecule has 0 bridgehead atoms. The van der Waals surface area contributed by atoms with Gasteiger partial charge in [-0.2, -0.15) is 0 Å². The molecule has 5 atom stereocenters. The average Bonchev–Trinajstić information content (AvgIpc) is 3.11. The lowest BCUT2D eigenvalue weighted by atomic mass is 9.98. The van der Waals surface area contributed by atoms with E-state index in [0.29, 0.717) is 11.1 Å². The van der Waals surface area contributed by atoms with Crippen LogP contribution in [0, 0.1) is 0 Å². The Morgan fingerprint density at radius 1 is 0.660 bits per heavy atom. The number of carbonyl (C=O) groups is 4. The Bertz CT molecular complexity index is 1970. The summed E-state index contributed by atoms with van der Waals surface area (Å²) in [5, 5.41) is 0.360. The summed E-state index contributed by atoms with van der Waals surface area (Å²) in [6.45, 7) is 4.19. The SMILES string of the molecule is COc1ccc(COc2c(OCc3ccccc3)c3ccc(O[C@@H]4O[C@H](COC(C)=O)[C@@H](OC(C)=O)[C@H](OC(C)=O)[C@H]4OC(C)=O)cc3oc2=O)cc1. The molecule has 53 heavy (non-hydrogen) atoms. The maximum atomic E-state index is 13.5. The second-order valence-corrected chi connectivity index (χ2v) is 11.8. The summed E-state index contributed by atoms with van der Waals surface area (Å²) in [6.07, 6.45) is -7.03. The van der Waals surface area contributed by atoms with Gasteiger partial charge < -0.3 is 47.0 Å². The van der Waals surface area contributed by atoms with Crippen molar-refractivity contribution in [2.75, 3.05) is 13.7 Å². The zero-order chi connectivity index (χ0) is 38.1. The third-order valence-electron chi connectivity index (χ3n) is 7.76. The van der Waals surface area contributed by atoms with Crippen molar-refractivity contribution in [1.82, 2.24) is 0 Å². The number of hydrogen-bond donors (Lipinski definition) is 0. The van der Waals surface area contributed by atoms with Crippen molar-refractivity contribution in [3.63, 3.8) is 0 Å². The summed E-state index contributed by atoms with van der Waals surface area (Å²) in [7, 11) is 1.56. The van der Waals surface area contributed by atoms with Crippen molar-refractivity contribution in [1.29, 1.82) is 0 Å². The minimum atomic E-state index is -1.51. The molecule has 0 amide bonds. The molecule has 0 aliphatic carbocycles. The summed E-state index contributed by atoms with van der Waals surface area (Å²) in [6, 6.07) is 20.9. The molecule has 3 aromatic carbocycles. The Kier molecular flexibility index (Phi) is 12.5. The lowest BCUT2D eigenvalue weighted by molar-refractivity contribution is -0.288. The molecule has 0 unspecified atom stereocenters. The van der Waals surface area contributed by atoms with Crippen LogP contribution in [0.1, 0.15) is 38.8 Å². The van der Waals surface area contributed by atoms with Gasteiger partial charge in [0.1, 0.15) is 43.0 Å². The van der Waals surface area contributed by atoms with Crippen LogP contribution in [0.3, 0.4) is 0 Å². The van der Waals surface area contributed by atoms with E-state index in [2.05, 4.69) is 0 Å². The Labute approximate surface area is 303 Å². The molecule has 280 valence electrons. The smallest absolute Gasteiger partial charge is 0.383 e. The fourth-order valence-corrected chi connectivity index (χ4v) is 5.50. The summed E-state index contributed by atoms with van der Waals surface area (Å²) in [5.41, 5.74) is 0.794. The van der Waals surface area contributed by atoms with Gasteiger partial charge in [0.2, 0.25) is 18.1 Å². The van der Waals surface area contributed by atoms with Crippen LogP contribution >= 0.6 is 0 Å². The molecule has 1 aliphatic heterocycles. The minimum absolute atomic E-state index is 0.0199. The summed E-state index contributed by atoms with van der Waals surface area (Å²) in [4.78, 5) is 61.7. The van der Waals surface area contributed by atoms with E-state index in [1.54, 1.807) is 37.4 Å². The molecule has 1 saturated heterocycles. The maximum absolute atomic E-state index is 13.5. The van der Waals surface area contributed by atoms with Gasteiger partial charge in [-0.25, -0.2) is 4.79 Å². The lowest BCUT2D eigenvalue weighted by Crippen LogP contribution is -2.63. The van der Waals surface area contributed by atoms with Crippen molar-refractivity contribution < 1.29 is 66.2 Å². The highest BCUT2D eigenvalue weighted by atomic mass is 16.7. The van der Waals surface area contributed by atoms with Crippen LogP contribution in [-0.4, -0.2) is 68.3 Å². The van der Waals surface area contributed by atoms with Crippen LogP contribution in [0.2, 0.25) is 0 Å². The molecule has 5 rings (SSSR count). The van der Waals surface area contributed by atoms with Crippen LogP contribution in [0.15, 0.2) is 82.0 Å². The topological polar surface area (TPSA) is 182 Å². The second kappa shape index (κ2) is 17.4. The number of fused-ring (bicyclic) bond motifs is 1. The van der Waals surface area contributed by atoms with Gasteiger partial charge >= 0.3 is 29.5 Å². The molecule has 15 nitrogen and oxygen atoms in total. The van der Waals surface area contributed by atoms with Crippen molar-refractivity contribution in [3.8, 4) is 23.0 Å². The highest BCUT2D eigenvalue weighted by Gasteiger charge is 2.53. The molecule has 0 spiro atoms. The Morgan fingerprint density at radius 2 is 1.25 bits per heavy atom. The monoisotopic (exact) mass is 734 g/mol. The number of methoxy groups -OCH3 is 1. The largest absolute Gasteiger partial charge is 0.497 e. The number of esters is 4. The molecule has 1 fully saturated rings. The molecule has 0 N–H and O–H groups in total. The molecule has 1 aromatic heterocycles. The van der Waals surface area contributed by atoms with Crippen molar-refractivity contribution in [2.24, 2.45) is 0 Å². The molecule has 0 radical (unpaired) electrons. The van der Waals surface area contributed by atoms with Crippen LogP contribution in [0.4, 0.5) is 0 Å². The predicted molar refractivity (Wildman–Crippen MR) is 183 cm³/mol. The normalized spacial score (nSPS) is 19.4. The fourth-order valence-electron chi connectivity index (χ4n) is 5.50. The van der Waals surface area contributed by atoms with Gasteiger partial charge in [0.05, 0.1) is 12.5 Å². The van der Waals surface area contributed by atoms with E-state index in [9.17, 15) is 24.0 Å². The molecule has 1 aliphatic rings. The first-order valence-corrected chi connectivity index (χ1v) is 16.4. The minimum Gasteiger partial charge on any atom is -0.497 e. The van der Waals surface area contributed by atoms with Gasteiger partial charge in [-0.1, -0.05) is 42.5 Å². The van der Waals surface area contributed by atoms with Crippen LogP contribution in [0.25, 0.3) is 11.0 Å². The highest BCUT2D eigenvalue weighted by Crippen LogP contribution is 2.37. The van der Waals surface area contributed by atoms with Gasteiger partial charge in [0.25, 0.3) is 0 Å². The lowest BCUT2D eigenvalue weighted by Gasteiger charge is -2.43. The van der Waals surface area contributed by atoms with E-state index >= 15 is 0 Å². The first-order valence-electron chi connectivity index (χ1n) is 16.4. The number of rotatable bonds is 14. The van der Waals surface area contributed by atoms with Crippen molar-refractivity contribution in [2.45, 2.75) is 71.6 Å². The van der Waals surface area contributed by atoms with Crippen LogP contribution in [-0.2, 0) is 56.1 Å². The molecule has 4 aromatic rings. The van der Waals surface area contributed by atoms with Crippen molar-refractivity contribution in [3.05, 3.63) is 94.3 Å². The molecular formula is C38H38O15. The van der Waals surface area contributed by atoms with Gasteiger partial charge in [0, 0.05) is 33.8 Å². The van der Waals surface area contributed by atoms with Crippen molar-refractivity contribution >= 4 is 34.8 Å². The van der Waals surface area contributed by atoms with E-state index in [1.807, 2.05) is 30.3 Å². The third kappa shape index (κ3) is 10.0. The molecular weight excluding hydrogens is 696 g/mol. The molecule has 2 heterocycles. The van der Waals surface area contributed by atoms with Crippen LogP contribution in [0.5, 0.6) is 23.0 Å². The number of ether oxygens (including phenoxy) is 9. The zero-order valence-corrected chi connectivity index (χ0v) is 29.6. The first kappa shape index (κ1) is 38.1. The summed E-state index contributed by atoms with van der Waals surface area (Å²) < 4.78 is 56.7. The first-order chi connectivity index (χ1) is 25.4. The van der Waals surface area contributed by atoms with E-state index in [1.165, 1.54) is 19.1 Å². The molecule has 0 saturated carbocycles. The van der Waals surface area contributed by atoms with E-state index in [4.69, 9.17) is 47.0 Å². The zero-order valence-electron chi connectivity index (χ0n) is 29.6. The van der Waals surface area contributed by atoms with Crippen LogP contribution < -0.4 is 24.6 Å². The third-order valence-corrected chi connectivity index (χ3v) is 7.76. The molecule has 15 heteroatoms. The van der Waals surface area contributed by atoms with Gasteiger partial charge in [-0.3, -0.25) is 19.2 Å². The average molecular weight is 735 g/mol. The summed E-state index contributed by atoms with van der Waals surface area (Å²) in [5.74, 6) is -2.35. The fraction of sp³-hybridized carbons (Fsp3) is 0.342. The summed E-state index contributed by atoms with van der Waals surface area (Å²) >= 11 is 0. The number of benzene rings is 3. The predicted octanol–water partition coefficient (Wildman–Crippen LogP) is 4.42. The Hall–Kier alpha value is -6.09. The maximum Gasteiger partial charge on any atom is 0.383 e. The Balaban J connectivity index is 1.51. The quantitative estimate of drug-likeness (QED) is 0.101. The number of hydrogen-bond acceptors (Lipinski definition) is 15. The Morgan fingerprint density at radius 3 is 1.87 bits per heavy atom. The van der Waals surface area contributed by atoms with E-state index < -0.39 is 66.8 Å². The van der Waals surface area contributed by atoms with E-state index in [-0.39, 0.29) is 36.0 Å². The standard InChI is InChI=1S/C38H38O15/c1-21(39)45-20-31-33(48-22(2)40)34(49-23(3)41)36(50-24(4)42)38(53-31)51-28-15-16-29-30(17-28)52-37(43)35(32(29)46-18-25-9-7-6-8-10-25)47-19-26-11-13-27(44-5)14-12-26/h6-17,31,33-34,36,38H,18-20H2,1-5H3/t31-,33-,34+,36-,38-/m1/s1. The van der Waals surface area contributed by atoms with Gasteiger partial charge in [0.15, 0.2) is 18.0 Å². The van der Waals surface area contributed by atoms with Gasteiger partial charge in [-0.15, -0.1) is 0 Å². The van der Waals surface area contributed by atoms with Gasteiger partial charge in [-0.05, 0) is 35.4 Å². The second-order valence-electron chi connectivity index (χ2n) is 11.8.